The summed E-state index contributed by atoms with van der Waals surface area (Å²) in [5, 5.41) is 12.9. The van der Waals surface area contributed by atoms with Crippen molar-refractivity contribution in [2.75, 3.05) is 11.1 Å². The Morgan fingerprint density at radius 3 is 2.89 bits per heavy atom. The van der Waals surface area contributed by atoms with Gasteiger partial charge in [-0.2, -0.15) is 5.26 Å². The molecule has 2 atom stereocenters. The van der Waals surface area contributed by atoms with Crippen molar-refractivity contribution in [3.05, 3.63) is 23.8 Å². The van der Waals surface area contributed by atoms with Crippen LogP contribution in [0, 0.1) is 17.2 Å². The van der Waals surface area contributed by atoms with Crippen molar-refractivity contribution in [1.29, 1.82) is 5.26 Å². The number of rotatable bonds is 4. The first-order chi connectivity index (χ1) is 8.76. The van der Waals surface area contributed by atoms with Crippen molar-refractivity contribution < 1.29 is 0 Å². The summed E-state index contributed by atoms with van der Waals surface area (Å²) < 4.78 is 0. The summed E-state index contributed by atoms with van der Waals surface area (Å²) in [4.78, 5) is 1.09. The Kier molecular flexibility index (Phi) is 4.54. The van der Waals surface area contributed by atoms with Gasteiger partial charge in [-0.05, 0) is 36.6 Å². The highest BCUT2D eigenvalue weighted by Gasteiger charge is 2.24. The third-order valence-corrected chi connectivity index (χ3v) is 4.58. The molecule has 1 aromatic rings. The lowest BCUT2D eigenvalue weighted by Gasteiger charge is -2.20. The topological polar surface area (TPSA) is 35.8 Å². The van der Waals surface area contributed by atoms with E-state index in [1.807, 2.05) is 18.2 Å². The Balaban J connectivity index is 2.22. The van der Waals surface area contributed by atoms with Crippen molar-refractivity contribution in [3.8, 4) is 6.07 Å². The van der Waals surface area contributed by atoms with Crippen LogP contribution in [0.2, 0.25) is 0 Å². The molecule has 0 bridgehead atoms. The molecule has 1 fully saturated rings. The molecule has 0 heterocycles. The van der Waals surface area contributed by atoms with Crippen LogP contribution in [0.5, 0.6) is 0 Å². The molecule has 1 aliphatic carbocycles. The first-order valence-corrected chi connectivity index (χ1v) is 7.67. The van der Waals surface area contributed by atoms with Gasteiger partial charge in [0.25, 0.3) is 0 Å². The molecule has 2 unspecified atom stereocenters. The average Bonchev–Trinajstić information content (AvgIpc) is 2.76. The quantitative estimate of drug-likeness (QED) is 0.821. The van der Waals surface area contributed by atoms with E-state index in [0.29, 0.717) is 12.0 Å². The van der Waals surface area contributed by atoms with Crippen molar-refractivity contribution in [3.63, 3.8) is 0 Å². The summed E-state index contributed by atoms with van der Waals surface area (Å²) in [5.74, 6) is 1.71. The maximum Gasteiger partial charge on any atom is 0.102 e. The van der Waals surface area contributed by atoms with E-state index in [4.69, 9.17) is 0 Å². The maximum absolute atomic E-state index is 9.36. The summed E-state index contributed by atoms with van der Waals surface area (Å²) in [6.45, 7) is 4.41. The van der Waals surface area contributed by atoms with Crippen LogP contribution in [0.3, 0.4) is 0 Å². The molecule has 2 nitrogen and oxygen atoms in total. The minimum absolute atomic E-state index is 0.527. The zero-order valence-corrected chi connectivity index (χ0v) is 11.9. The van der Waals surface area contributed by atoms with Crippen LogP contribution in [0.4, 0.5) is 5.69 Å². The van der Waals surface area contributed by atoms with Gasteiger partial charge in [-0.25, -0.2) is 0 Å². The second kappa shape index (κ2) is 6.15. The van der Waals surface area contributed by atoms with Gasteiger partial charge >= 0.3 is 0 Å². The van der Waals surface area contributed by atoms with Crippen LogP contribution in [0.15, 0.2) is 23.1 Å². The molecular formula is C15H20N2S. The lowest BCUT2D eigenvalue weighted by molar-refractivity contribution is 0.556. The van der Waals surface area contributed by atoms with E-state index in [2.05, 4.69) is 25.2 Å². The average molecular weight is 260 g/mol. The van der Waals surface area contributed by atoms with E-state index in [1.165, 1.54) is 19.3 Å². The number of nitriles is 1. The summed E-state index contributed by atoms with van der Waals surface area (Å²) in [6, 6.07) is 8.99. The smallest absolute Gasteiger partial charge is 0.102 e. The van der Waals surface area contributed by atoms with Gasteiger partial charge in [0.2, 0.25) is 0 Å². The molecule has 0 amide bonds. The van der Waals surface area contributed by atoms with E-state index in [1.54, 1.807) is 11.8 Å². The maximum atomic E-state index is 9.36. The predicted molar refractivity (Wildman–Crippen MR) is 78.0 cm³/mol. The first kappa shape index (κ1) is 13.3. The van der Waals surface area contributed by atoms with Crippen LogP contribution in [0.25, 0.3) is 0 Å². The van der Waals surface area contributed by atoms with Crippen LogP contribution in [-0.2, 0) is 0 Å². The predicted octanol–water partition coefficient (Wildman–Crippen LogP) is 4.27. The SMILES string of the molecule is CCSc1cccc(NC2CCCC2C)c1C#N. The lowest BCUT2D eigenvalue weighted by Crippen LogP contribution is -2.22. The Labute approximate surface area is 114 Å². The molecule has 1 aliphatic rings. The van der Waals surface area contributed by atoms with Gasteiger partial charge in [-0.3, -0.25) is 0 Å². The molecule has 0 aliphatic heterocycles. The summed E-state index contributed by atoms with van der Waals surface area (Å²) in [5.41, 5.74) is 1.82. The number of benzene rings is 1. The van der Waals surface area contributed by atoms with Gasteiger partial charge in [-0.15, -0.1) is 11.8 Å². The van der Waals surface area contributed by atoms with Crippen molar-refractivity contribution >= 4 is 17.4 Å². The Bertz CT molecular complexity index is 450. The number of hydrogen-bond acceptors (Lipinski definition) is 3. The van der Waals surface area contributed by atoms with Gasteiger partial charge in [0.15, 0.2) is 0 Å². The van der Waals surface area contributed by atoms with E-state index >= 15 is 0 Å². The molecule has 2 rings (SSSR count). The van der Waals surface area contributed by atoms with E-state index in [9.17, 15) is 5.26 Å². The Hall–Kier alpha value is -1.14. The number of thioether (sulfide) groups is 1. The summed E-state index contributed by atoms with van der Waals surface area (Å²) in [6.07, 6.45) is 3.81. The fourth-order valence-corrected chi connectivity index (χ4v) is 3.39. The summed E-state index contributed by atoms with van der Waals surface area (Å²) >= 11 is 1.74. The Morgan fingerprint density at radius 1 is 1.44 bits per heavy atom. The van der Waals surface area contributed by atoms with Gasteiger partial charge in [-0.1, -0.05) is 26.3 Å². The molecule has 0 radical (unpaired) electrons. The third kappa shape index (κ3) is 2.81. The molecule has 96 valence electrons. The van der Waals surface area contributed by atoms with Gasteiger partial charge in [0.05, 0.1) is 11.3 Å². The van der Waals surface area contributed by atoms with Crippen LogP contribution in [0.1, 0.15) is 38.7 Å². The lowest BCUT2D eigenvalue weighted by atomic mass is 10.1. The highest BCUT2D eigenvalue weighted by Crippen LogP contribution is 2.32. The van der Waals surface area contributed by atoms with Crippen LogP contribution in [-0.4, -0.2) is 11.8 Å². The van der Waals surface area contributed by atoms with Crippen molar-refractivity contribution in [2.45, 2.75) is 44.0 Å². The zero-order chi connectivity index (χ0) is 13.0. The fourth-order valence-electron chi connectivity index (χ4n) is 2.60. The van der Waals surface area contributed by atoms with Gasteiger partial charge in [0, 0.05) is 10.9 Å². The first-order valence-electron chi connectivity index (χ1n) is 6.68. The number of nitrogens with one attached hydrogen (secondary N) is 1. The Morgan fingerprint density at radius 2 is 2.28 bits per heavy atom. The number of nitrogens with zero attached hydrogens (tertiary/aromatic N) is 1. The standard InChI is InChI=1S/C15H20N2S/c1-3-18-15-9-5-8-14(12(15)10-16)17-13-7-4-6-11(13)2/h5,8-9,11,13,17H,3-4,6-7H2,1-2H3. The molecule has 18 heavy (non-hydrogen) atoms. The molecule has 1 saturated carbocycles. The van der Waals surface area contributed by atoms with E-state index in [-0.39, 0.29) is 0 Å². The normalized spacial score (nSPS) is 22.7. The van der Waals surface area contributed by atoms with Gasteiger partial charge in [0.1, 0.15) is 6.07 Å². The van der Waals surface area contributed by atoms with Crippen molar-refractivity contribution in [2.24, 2.45) is 5.92 Å². The van der Waals surface area contributed by atoms with E-state index in [0.717, 1.165) is 21.9 Å². The number of anilines is 1. The minimum atomic E-state index is 0.527. The molecule has 1 N–H and O–H groups in total. The number of hydrogen-bond donors (Lipinski definition) is 1. The second-order valence-electron chi connectivity index (χ2n) is 4.88. The molecule has 1 aromatic carbocycles. The summed E-state index contributed by atoms with van der Waals surface area (Å²) in [7, 11) is 0. The monoisotopic (exact) mass is 260 g/mol. The van der Waals surface area contributed by atoms with Crippen LogP contribution < -0.4 is 5.32 Å². The fraction of sp³-hybridized carbons (Fsp3) is 0.533. The molecule has 0 aromatic heterocycles. The van der Waals surface area contributed by atoms with Gasteiger partial charge < -0.3 is 5.32 Å². The minimum Gasteiger partial charge on any atom is -0.381 e. The van der Waals surface area contributed by atoms with Crippen molar-refractivity contribution in [1.82, 2.24) is 0 Å². The van der Waals surface area contributed by atoms with Crippen LogP contribution >= 0.6 is 11.8 Å². The highest BCUT2D eigenvalue weighted by molar-refractivity contribution is 7.99. The third-order valence-electron chi connectivity index (χ3n) is 3.64. The molecule has 0 saturated heterocycles. The highest BCUT2D eigenvalue weighted by atomic mass is 32.2. The molecular weight excluding hydrogens is 240 g/mol. The van der Waals surface area contributed by atoms with E-state index < -0.39 is 0 Å². The largest absolute Gasteiger partial charge is 0.381 e. The molecule has 0 spiro atoms. The second-order valence-corrected chi connectivity index (χ2v) is 6.19. The zero-order valence-electron chi connectivity index (χ0n) is 11.1. The molecule has 3 heteroatoms.